The molecule has 0 spiro atoms. The van der Waals surface area contributed by atoms with Crippen LogP contribution in [0.3, 0.4) is 0 Å². The number of carbonyl (C=O) groups excluding carboxylic acids is 2. The molecule has 126 valence electrons. The Labute approximate surface area is 143 Å². The number of hydrogen-bond acceptors (Lipinski definition) is 5. The lowest BCUT2D eigenvalue weighted by Crippen LogP contribution is -2.46. The maximum Gasteiger partial charge on any atom is 0.280 e. The van der Waals surface area contributed by atoms with E-state index in [0.29, 0.717) is 11.4 Å². The summed E-state index contributed by atoms with van der Waals surface area (Å²) in [5.41, 5.74) is 0.485. The lowest BCUT2D eigenvalue weighted by Gasteiger charge is -2.27. The number of nitro groups is 1. The average Bonchev–Trinajstić information content (AvgIpc) is 2.58. The minimum absolute atomic E-state index is 0.0321. The van der Waals surface area contributed by atoms with E-state index in [1.165, 1.54) is 30.0 Å². The van der Waals surface area contributed by atoms with E-state index < -0.39 is 22.8 Å². The molecule has 0 saturated heterocycles. The summed E-state index contributed by atoms with van der Waals surface area (Å²) in [6.07, 6.45) is 6.71. The van der Waals surface area contributed by atoms with E-state index in [9.17, 15) is 19.7 Å². The van der Waals surface area contributed by atoms with E-state index in [2.05, 4.69) is 9.98 Å². The number of aliphatic imine (C=N–C) groups is 2. The molecule has 0 saturated carbocycles. The van der Waals surface area contributed by atoms with Gasteiger partial charge in [0.15, 0.2) is 0 Å². The molecular formula is C17H14N4O4. The summed E-state index contributed by atoms with van der Waals surface area (Å²) in [5, 5.41) is 10.9. The van der Waals surface area contributed by atoms with Gasteiger partial charge in [-0.05, 0) is 38.1 Å². The van der Waals surface area contributed by atoms with E-state index in [1.807, 2.05) is 0 Å². The predicted octanol–water partition coefficient (Wildman–Crippen LogP) is 2.20. The number of hydrogen-bond donors (Lipinski definition) is 0. The number of allylic oxidation sites excluding steroid dienone is 2. The van der Waals surface area contributed by atoms with Gasteiger partial charge in [0.1, 0.15) is 11.5 Å². The third-order valence-corrected chi connectivity index (χ3v) is 3.86. The van der Waals surface area contributed by atoms with Crippen molar-refractivity contribution < 1.29 is 14.5 Å². The molecule has 8 nitrogen and oxygen atoms in total. The van der Waals surface area contributed by atoms with Gasteiger partial charge in [0.05, 0.1) is 11.0 Å². The molecule has 25 heavy (non-hydrogen) atoms. The summed E-state index contributed by atoms with van der Waals surface area (Å²) in [5.74, 6) is -0.550. The van der Waals surface area contributed by atoms with Gasteiger partial charge in [-0.1, -0.05) is 6.08 Å². The highest BCUT2D eigenvalue weighted by Crippen LogP contribution is 2.20. The molecule has 2 aliphatic heterocycles. The Morgan fingerprint density at radius 1 is 1.36 bits per heavy atom. The van der Waals surface area contributed by atoms with Crippen LogP contribution in [-0.2, 0) is 4.79 Å². The fourth-order valence-corrected chi connectivity index (χ4v) is 2.58. The first-order chi connectivity index (χ1) is 11.9. The summed E-state index contributed by atoms with van der Waals surface area (Å²) in [7, 11) is 0. The zero-order valence-electron chi connectivity index (χ0n) is 13.5. The molecule has 1 aromatic rings. The van der Waals surface area contributed by atoms with Crippen LogP contribution >= 0.6 is 0 Å². The van der Waals surface area contributed by atoms with Gasteiger partial charge in [0.2, 0.25) is 0 Å². The van der Waals surface area contributed by atoms with Gasteiger partial charge in [-0.3, -0.25) is 29.6 Å². The summed E-state index contributed by atoms with van der Waals surface area (Å²) in [4.78, 5) is 44.9. The maximum absolute atomic E-state index is 12.5. The Kier molecular flexibility index (Phi) is 4.10. The van der Waals surface area contributed by atoms with Crippen LogP contribution in [0, 0.1) is 17.0 Å². The molecule has 3 rings (SSSR count). The van der Waals surface area contributed by atoms with Gasteiger partial charge in [0, 0.05) is 23.4 Å². The van der Waals surface area contributed by atoms with E-state index in [4.69, 9.17) is 0 Å². The molecule has 2 heterocycles. The first-order valence-corrected chi connectivity index (χ1v) is 7.52. The predicted molar refractivity (Wildman–Crippen MR) is 91.6 cm³/mol. The standard InChI is InChI=1S/C17H14N4O4/c1-10-9-12(6-7-13(10)21(24)25)16(22)19-15-11(2)18-14-5-3-4-8-20(14)17(15)23/h3-9,11H,1-2H3. The molecule has 1 aromatic carbocycles. The lowest BCUT2D eigenvalue weighted by atomic mass is 10.1. The second-order valence-corrected chi connectivity index (χ2v) is 5.60. The van der Waals surface area contributed by atoms with Crippen LogP contribution < -0.4 is 0 Å². The number of nitro benzene ring substituents is 1. The Morgan fingerprint density at radius 3 is 2.80 bits per heavy atom. The lowest BCUT2D eigenvalue weighted by molar-refractivity contribution is -0.385. The largest absolute Gasteiger partial charge is 0.280 e. The molecule has 0 N–H and O–H groups in total. The molecule has 1 atom stereocenters. The zero-order chi connectivity index (χ0) is 18.1. The molecule has 8 heteroatoms. The van der Waals surface area contributed by atoms with Gasteiger partial charge in [-0.25, -0.2) is 4.99 Å². The highest BCUT2D eigenvalue weighted by atomic mass is 16.6. The number of carbonyl (C=O) groups is 2. The van der Waals surface area contributed by atoms with Crippen molar-refractivity contribution in [2.75, 3.05) is 0 Å². The van der Waals surface area contributed by atoms with Gasteiger partial charge in [-0.2, -0.15) is 0 Å². The van der Waals surface area contributed by atoms with Crippen LogP contribution in [0.25, 0.3) is 0 Å². The average molecular weight is 338 g/mol. The van der Waals surface area contributed by atoms with E-state index in [0.717, 1.165) is 0 Å². The minimum atomic E-state index is -0.636. The smallest absolute Gasteiger partial charge is 0.267 e. The van der Waals surface area contributed by atoms with Crippen molar-refractivity contribution in [3.8, 4) is 0 Å². The molecule has 0 radical (unpaired) electrons. The third-order valence-electron chi connectivity index (χ3n) is 3.86. The zero-order valence-corrected chi connectivity index (χ0v) is 13.5. The molecule has 0 fully saturated rings. The van der Waals surface area contributed by atoms with Crippen LogP contribution in [0.4, 0.5) is 5.69 Å². The number of benzene rings is 1. The molecule has 2 amide bonds. The highest BCUT2D eigenvalue weighted by molar-refractivity contribution is 6.47. The molecule has 0 aromatic heterocycles. The fraction of sp³-hybridized carbons (Fsp3) is 0.176. The number of amidine groups is 1. The summed E-state index contributed by atoms with van der Waals surface area (Å²) in [6.45, 7) is 3.22. The number of rotatable bonds is 2. The van der Waals surface area contributed by atoms with Gasteiger partial charge < -0.3 is 0 Å². The van der Waals surface area contributed by atoms with Crippen LogP contribution in [0.15, 0.2) is 52.6 Å². The van der Waals surface area contributed by atoms with Gasteiger partial charge in [0.25, 0.3) is 17.5 Å². The second-order valence-electron chi connectivity index (χ2n) is 5.60. The van der Waals surface area contributed by atoms with E-state index in [-0.39, 0.29) is 17.0 Å². The Hall–Kier alpha value is -3.42. The third kappa shape index (κ3) is 3.01. The summed E-state index contributed by atoms with van der Waals surface area (Å²) < 4.78 is 0. The molecular weight excluding hydrogens is 324 g/mol. The molecule has 1 unspecified atom stereocenters. The quantitative estimate of drug-likeness (QED) is 0.608. The molecule has 2 aliphatic rings. The Morgan fingerprint density at radius 2 is 2.12 bits per heavy atom. The first kappa shape index (κ1) is 16.4. The van der Waals surface area contributed by atoms with Crippen molar-refractivity contribution in [1.29, 1.82) is 0 Å². The highest BCUT2D eigenvalue weighted by Gasteiger charge is 2.32. The van der Waals surface area contributed by atoms with Crippen LogP contribution in [0.5, 0.6) is 0 Å². The van der Waals surface area contributed by atoms with Crippen LogP contribution in [0.1, 0.15) is 22.8 Å². The monoisotopic (exact) mass is 338 g/mol. The SMILES string of the molecule is Cc1cc(C(=O)N=C2C(=O)N3C=CC=CC3=NC2C)ccc1[N+](=O)[O-]. The topological polar surface area (TPSA) is 105 Å². The maximum atomic E-state index is 12.5. The number of nitrogens with zero attached hydrogens (tertiary/aromatic N) is 4. The normalized spacial score (nSPS) is 20.5. The summed E-state index contributed by atoms with van der Waals surface area (Å²) in [6, 6.07) is 3.41. The Bertz CT molecular complexity index is 911. The molecule has 0 bridgehead atoms. The van der Waals surface area contributed by atoms with Gasteiger partial charge >= 0.3 is 0 Å². The van der Waals surface area contributed by atoms with Crippen LogP contribution in [-0.4, -0.2) is 39.2 Å². The fourth-order valence-electron chi connectivity index (χ4n) is 2.58. The van der Waals surface area contributed by atoms with E-state index >= 15 is 0 Å². The Balaban J connectivity index is 1.93. The van der Waals surface area contributed by atoms with Gasteiger partial charge in [-0.15, -0.1) is 0 Å². The second kappa shape index (κ2) is 6.23. The number of amides is 2. The van der Waals surface area contributed by atoms with Crippen molar-refractivity contribution in [3.05, 3.63) is 63.9 Å². The van der Waals surface area contributed by atoms with Crippen molar-refractivity contribution in [1.82, 2.24) is 4.90 Å². The van der Waals surface area contributed by atoms with Crippen LogP contribution in [0.2, 0.25) is 0 Å². The minimum Gasteiger partial charge on any atom is -0.267 e. The van der Waals surface area contributed by atoms with Crippen molar-refractivity contribution in [3.63, 3.8) is 0 Å². The molecule has 0 aliphatic carbocycles. The van der Waals surface area contributed by atoms with E-state index in [1.54, 1.807) is 31.4 Å². The number of fused-ring (bicyclic) bond motifs is 1. The first-order valence-electron chi connectivity index (χ1n) is 7.52. The number of aryl methyl sites for hydroxylation is 1. The van der Waals surface area contributed by atoms with Crippen molar-refractivity contribution in [2.45, 2.75) is 19.9 Å². The van der Waals surface area contributed by atoms with Crippen molar-refractivity contribution >= 4 is 29.0 Å². The summed E-state index contributed by atoms with van der Waals surface area (Å²) >= 11 is 0. The van der Waals surface area contributed by atoms with Crippen molar-refractivity contribution in [2.24, 2.45) is 9.98 Å².